The highest BCUT2D eigenvalue weighted by atomic mass is 32.1. The van der Waals surface area contributed by atoms with Gasteiger partial charge in [0.05, 0.1) is 17.2 Å². The summed E-state index contributed by atoms with van der Waals surface area (Å²) in [5.41, 5.74) is 11.8. The number of rotatable bonds is 14. The van der Waals surface area contributed by atoms with E-state index in [1.165, 1.54) is 11.1 Å². The van der Waals surface area contributed by atoms with E-state index in [-0.39, 0.29) is 37.2 Å². The van der Waals surface area contributed by atoms with Crippen LogP contribution in [0.3, 0.4) is 0 Å². The van der Waals surface area contributed by atoms with E-state index in [0.717, 1.165) is 10.7 Å². The number of carbonyl (C=O) groups is 3. The van der Waals surface area contributed by atoms with Gasteiger partial charge < -0.3 is 37.1 Å². The highest BCUT2D eigenvalue weighted by Gasteiger charge is 2.24. The van der Waals surface area contributed by atoms with E-state index >= 15 is 0 Å². The Morgan fingerprint density at radius 1 is 1.14 bits per heavy atom. The molecule has 1 heterocycles. The van der Waals surface area contributed by atoms with Crippen molar-refractivity contribution in [3.05, 3.63) is 27.2 Å². The molecule has 7 N–H and O–H groups in total. The average Bonchev–Trinajstić information content (AvgIpc) is 3.29. The van der Waals surface area contributed by atoms with E-state index in [0.29, 0.717) is 36.6 Å². The van der Waals surface area contributed by atoms with Crippen LogP contribution >= 0.6 is 24.0 Å². The monoisotopic (exact) mass is 543 g/mol. The molecule has 11 nitrogen and oxygen atoms in total. The number of ether oxygens (including phenoxy) is 1. The Morgan fingerprint density at radius 2 is 1.78 bits per heavy atom. The molecule has 4 amide bonds. The van der Waals surface area contributed by atoms with Crippen LogP contribution in [-0.2, 0) is 16.1 Å². The third kappa shape index (κ3) is 12.0. The van der Waals surface area contributed by atoms with Crippen molar-refractivity contribution < 1.29 is 19.1 Å². The lowest BCUT2D eigenvalue weighted by atomic mass is 10.1. The van der Waals surface area contributed by atoms with Gasteiger partial charge in [-0.25, -0.2) is 14.6 Å². The molecule has 0 radical (unpaired) electrons. The molecule has 204 valence electrons. The third-order valence-corrected chi connectivity index (χ3v) is 6.68. The summed E-state index contributed by atoms with van der Waals surface area (Å²) in [6.07, 6.45) is 2.21. The number of carbonyl (C=O) groups excluding carboxylic acids is 3. The molecule has 1 aromatic heterocycles. The maximum Gasteiger partial charge on any atom is 0.407 e. The molecule has 0 fully saturated rings. The molecule has 36 heavy (non-hydrogen) atoms. The van der Waals surface area contributed by atoms with Crippen LogP contribution in [0.1, 0.15) is 63.6 Å². The number of thiazole rings is 1. The van der Waals surface area contributed by atoms with Gasteiger partial charge in [0.1, 0.15) is 12.6 Å². The summed E-state index contributed by atoms with van der Waals surface area (Å²) in [6.45, 7) is 8.44. The number of aromatic nitrogens is 1. The molecule has 0 aliphatic heterocycles. The summed E-state index contributed by atoms with van der Waals surface area (Å²) in [6, 6.07) is -1.48. The predicted molar refractivity (Wildman–Crippen MR) is 146 cm³/mol. The molecular weight excluding hydrogens is 502 g/mol. The van der Waals surface area contributed by atoms with Gasteiger partial charge in [0.25, 0.3) is 0 Å². The Bertz CT molecular complexity index is 878. The molecular formula is C23H41N7O4S2. The van der Waals surface area contributed by atoms with Crippen molar-refractivity contribution >= 4 is 42.0 Å². The van der Waals surface area contributed by atoms with Gasteiger partial charge in [-0.15, -0.1) is 24.0 Å². The standard InChI is InChI=1S/C23H41N7O4S2/c1-14(2)21-28-17(13-36-21)11-30(5)22(32)29-19(8-9-24)20(31)26-15(3)6-7-16(4)27-23(33)34-12-18(35)10-25/h10,13-16,19,35H,6-9,11-12,24-25H2,1-5H3,(H,26,31)(H,27,33)(H,29,32)/b18-10-. The molecule has 0 aromatic carbocycles. The minimum absolute atomic E-state index is 0.00315. The van der Waals surface area contributed by atoms with Gasteiger partial charge in [0.2, 0.25) is 5.91 Å². The summed E-state index contributed by atoms with van der Waals surface area (Å²) in [5, 5.41) is 11.4. The number of alkyl carbamates (subject to hydrolysis) is 1. The van der Waals surface area contributed by atoms with Gasteiger partial charge in [-0.1, -0.05) is 13.8 Å². The van der Waals surface area contributed by atoms with Crippen molar-refractivity contribution in [3.8, 4) is 0 Å². The summed E-state index contributed by atoms with van der Waals surface area (Å²) >= 11 is 5.61. The summed E-state index contributed by atoms with van der Waals surface area (Å²) in [4.78, 5) is 43.8. The van der Waals surface area contributed by atoms with Crippen LogP contribution in [0.2, 0.25) is 0 Å². The average molecular weight is 544 g/mol. The largest absolute Gasteiger partial charge is 0.444 e. The number of nitrogens with one attached hydrogen (secondary N) is 3. The number of thiol groups is 1. The van der Waals surface area contributed by atoms with Crippen molar-refractivity contribution in [2.24, 2.45) is 11.5 Å². The lowest BCUT2D eigenvalue weighted by Crippen LogP contribution is -2.52. The molecule has 0 saturated heterocycles. The first-order valence-electron chi connectivity index (χ1n) is 12.0. The molecule has 1 aromatic rings. The van der Waals surface area contributed by atoms with E-state index in [2.05, 4.69) is 47.4 Å². The molecule has 0 aliphatic rings. The number of nitrogens with zero attached hydrogens (tertiary/aromatic N) is 2. The topological polar surface area (TPSA) is 165 Å². The maximum atomic E-state index is 12.8. The highest BCUT2D eigenvalue weighted by Crippen LogP contribution is 2.19. The van der Waals surface area contributed by atoms with Gasteiger partial charge in [-0.3, -0.25) is 4.79 Å². The van der Waals surface area contributed by atoms with Crippen LogP contribution in [0.5, 0.6) is 0 Å². The fraction of sp³-hybridized carbons (Fsp3) is 0.652. The lowest BCUT2D eigenvalue weighted by molar-refractivity contribution is -0.123. The van der Waals surface area contributed by atoms with E-state index in [4.69, 9.17) is 16.2 Å². The first-order valence-corrected chi connectivity index (χ1v) is 13.3. The van der Waals surface area contributed by atoms with E-state index < -0.39 is 12.1 Å². The highest BCUT2D eigenvalue weighted by molar-refractivity contribution is 7.84. The maximum absolute atomic E-state index is 12.8. The zero-order valence-corrected chi connectivity index (χ0v) is 23.5. The minimum Gasteiger partial charge on any atom is -0.444 e. The number of hydrogen-bond acceptors (Lipinski definition) is 9. The van der Waals surface area contributed by atoms with E-state index in [9.17, 15) is 14.4 Å². The smallest absolute Gasteiger partial charge is 0.407 e. The van der Waals surface area contributed by atoms with Gasteiger partial charge >= 0.3 is 12.1 Å². The fourth-order valence-corrected chi connectivity index (χ4v) is 3.98. The molecule has 0 bridgehead atoms. The van der Waals surface area contributed by atoms with Crippen LogP contribution in [0.25, 0.3) is 0 Å². The predicted octanol–water partition coefficient (Wildman–Crippen LogP) is 2.25. The Kier molecular flexibility index (Phi) is 14.3. The zero-order chi connectivity index (χ0) is 27.3. The van der Waals surface area contributed by atoms with E-state index in [1.54, 1.807) is 18.4 Å². The number of amides is 4. The van der Waals surface area contributed by atoms with Crippen molar-refractivity contribution in [3.63, 3.8) is 0 Å². The van der Waals surface area contributed by atoms with Crippen molar-refractivity contribution in [2.75, 3.05) is 20.2 Å². The molecule has 1 rings (SSSR count). The normalized spacial score (nSPS) is 14.1. The van der Waals surface area contributed by atoms with Crippen LogP contribution in [-0.4, -0.2) is 66.2 Å². The van der Waals surface area contributed by atoms with E-state index in [1.807, 2.05) is 19.2 Å². The number of urea groups is 1. The van der Waals surface area contributed by atoms with Crippen LogP contribution in [0.15, 0.2) is 16.5 Å². The summed E-state index contributed by atoms with van der Waals surface area (Å²) in [7, 11) is 1.66. The zero-order valence-electron chi connectivity index (χ0n) is 21.7. The second kappa shape index (κ2) is 16.3. The quantitative estimate of drug-likeness (QED) is 0.196. The lowest BCUT2D eigenvalue weighted by Gasteiger charge is -2.24. The van der Waals surface area contributed by atoms with Gasteiger partial charge in [0.15, 0.2) is 0 Å². The molecule has 0 saturated carbocycles. The SMILES string of the molecule is CC(CCC(C)NC(=O)C(CCN)NC(=O)N(C)Cc1csc(C(C)C)n1)NC(=O)OC/C(S)=C/N. The van der Waals surface area contributed by atoms with Crippen LogP contribution < -0.4 is 27.4 Å². The van der Waals surface area contributed by atoms with Crippen molar-refractivity contribution in [1.82, 2.24) is 25.8 Å². The second-order valence-electron chi connectivity index (χ2n) is 9.03. The van der Waals surface area contributed by atoms with Crippen LogP contribution in [0.4, 0.5) is 9.59 Å². The van der Waals surface area contributed by atoms with Gasteiger partial charge in [-0.05, 0) is 39.7 Å². The van der Waals surface area contributed by atoms with Crippen molar-refractivity contribution in [1.29, 1.82) is 0 Å². The molecule has 3 unspecified atom stereocenters. The minimum atomic E-state index is -0.759. The first kappa shape index (κ1) is 31.5. The molecule has 0 aliphatic carbocycles. The Morgan fingerprint density at radius 3 is 2.33 bits per heavy atom. The van der Waals surface area contributed by atoms with Gasteiger partial charge in [-0.2, -0.15) is 0 Å². The van der Waals surface area contributed by atoms with Gasteiger partial charge in [0, 0.05) is 41.5 Å². The van der Waals surface area contributed by atoms with Crippen LogP contribution in [0, 0.1) is 0 Å². The molecule has 3 atom stereocenters. The first-order chi connectivity index (χ1) is 17.0. The molecule has 13 heteroatoms. The second-order valence-corrected chi connectivity index (χ2v) is 10.5. The van der Waals surface area contributed by atoms with Crippen molar-refractivity contribution in [2.45, 2.75) is 77.5 Å². The fourth-order valence-electron chi connectivity index (χ4n) is 3.09. The summed E-state index contributed by atoms with van der Waals surface area (Å²) in [5.74, 6) is 0.0236. The number of nitrogens with two attached hydrogens (primary N) is 2. The Labute approximate surface area is 223 Å². The number of hydrogen-bond donors (Lipinski definition) is 6. The molecule has 0 spiro atoms. The Balaban J connectivity index is 2.50. The summed E-state index contributed by atoms with van der Waals surface area (Å²) < 4.78 is 5.00. The third-order valence-electron chi connectivity index (χ3n) is 5.21. The Hall–Kier alpha value is -2.51.